The van der Waals surface area contributed by atoms with Crippen LogP contribution < -0.4 is 5.32 Å². The predicted octanol–water partition coefficient (Wildman–Crippen LogP) is 1.95. The summed E-state index contributed by atoms with van der Waals surface area (Å²) in [5, 5.41) is 12.6. The Hall–Kier alpha value is -0.870. The van der Waals surface area contributed by atoms with Crippen LogP contribution in [0.25, 0.3) is 0 Å². The van der Waals surface area contributed by atoms with E-state index in [9.17, 15) is 0 Å². The van der Waals surface area contributed by atoms with Crippen molar-refractivity contribution in [3.8, 4) is 0 Å². The SMILES string of the molecule is CC(C)C(CCO)Nc1ncncc1Cl. The molecular weight excluding hydrogens is 214 g/mol. The van der Waals surface area contributed by atoms with E-state index in [0.717, 1.165) is 0 Å². The van der Waals surface area contributed by atoms with Crippen molar-refractivity contribution >= 4 is 17.4 Å². The van der Waals surface area contributed by atoms with Crippen molar-refractivity contribution < 1.29 is 5.11 Å². The maximum absolute atomic E-state index is 8.93. The van der Waals surface area contributed by atoms with Gasteiger partial charge in [0.2, 0.25) is 0 Å². The molecule has 0 aromatic carbocycles. The smallest absolute Gasteiger partial charge is 0.148 e. The van der Waals surface area contributed by atoms with Crippen molar-refractivity contribution in [3.63, 3.8) is 0 Å². The summed E-state index contributed by atoms with van der Waals surface area (Å²) in [4.78, 5) is 7.86. The Morgan fingerprint density at radius 2 is 2.27 bits per heavy atom. The third-order valence-electron chi connectivity index (χ3n) is 2.23. The van der Waals surface area contributed by atoms with Crippen molar-refractivity contribution in [3.05, 3.63) is 17.5 Å². The van der Waals surface area contributed by atoms with E-state index in [-0.39, 0.29) is 12.6 Å². The molecular formula is C10H16ClN3O. The van der Waals surface area contributed by atoms with Crippen LogP contribution in [0.15, 0.2) is 12.5 Å². The number of hydrogen-bond donors (Lipinski definition) is 2. The van der Waals surface area contributed by atoms with E-state index >= 15 is 0 Å². The lowest BCUT2D eigenvalue weighted by atomic mass is 10.0. The molecule has 1 unspecified atom stereocenters. The van der Waals surface area contributed by atoms with Gasteiger partial charge in [-0.25, -0.2) is 9.97 Å². The van der Waals surface area contributed by atoms with Gasteiger partial charge < -0.3 is 10.4 Å². The summed E-state index contributed by atoms with van der Waals surface area (Å²) in [5.74, 6) is 1.03. The van der Waals surface area contributed by atoms with Crippen LogP contribution in [-0.4, -0.2) is 27.7 Å². The maximum Gasteiger partial charge on any atom is 0.148 e. The minimum absolute atomic E-state index is 0.151. The molecule has 0 aliphatic heterocycles. The molecule has 84 valence electrons. The molecule has 0 amide bonds. The average Bonchev–Trinajstić information content (AvgIpc) is 2.20. The highest BCUT2D eigenvalue weighted by molar-refractivity contribution is 6.32. The Kier molecular flexibility index (Phi) is 4.78. The molecule has 0 radical (unpaired) electrons. The minimum atomic E-state index is 0.151. The average molecular weight is 230 g/mol. The van der Waals surface area contributed by atoms with Gasteiger partial charge in [0.05, 0.1) is 6.20 Å². The Balaban J connectivity index is 2.69. The van der Waals surface area contributed by atoms with Gasteiger partial charge in [-0.15, -0.1) is 0 Å². The summed E-state index contributed by atoms with van der Waals surface area (Å²) in [5.41, 5.74) is 0. The van der Waals surface area contributed by atoms with Crippen molar-refractivity contribution in [1.29, 1.82) is 0 Å². The number of nitrogens with one attached hydrogen (secondary N) is 1. The van der Waals surface area contributed by atoms with Crippen molar-refractivity contribution in [1.82, 2.24) is 9.97 Å². The fraction of sp³-hybridized carbons (Fsp3) is 0.600. The van der Waals surface area contributed by atoms with Crippen LogP contribution in [0.3, 0.4) is 0 Å². The molecule has 0 bridgehead atoms. The van der Waals surface area contributed by atoms with Crippen LogP contribution in [0.2, 0.25) is 5.02 Å². The monoisotopic (exact) mass is 229 g/mol. The lowest BCUT2D eigenvalue weighted by molar-refractivity contribution is 0.267. The number of rotatable bonds is 5. The molecule has 15 heavy (non-hydrogen) atoms. The minimum Gasteiger partial charge on any atom is -0.396 e. The maximum atomic E-state index is 8.93. The largest absolute Gasteiger partial charge is 0.396 e. The normalized spacial score (nSPS) is 12.9. The van der Waals surface area contributed by atoms with Gasteiger partial charge >= 0.3 is 0 Å². The van der Waals surface area contributed by atoms with Gasteiger partial charge in [-0.05, 0) is 12.3 Å². The molecule has 0 saturated carbocycles. The van der Waals surface area contributed by atoms with Crippen LogP contribution in [0.4, 0.5) is 5.82 Å². The quantitative estimate of drug-likeness (QED) is 0.810. The fourth-order valence-electron chi connectivity index (χ4n) is 1.31. The molecule has 2 N–H and O–H groups in total. The zero-order chi connectivity index (χ0) is 11.3. The van der Waals surface area contributed by atoms with Crippen LogP contribution in [-0.2, 0) is 0 Å². The van der Waals surface area contributed by atoms with E-state index < -0.39 is 0 Å². The molecule has 1 heterocycles. The van der Waals surface area contributed by atoms with Gasteiger partial charge in [0.25, 0.3) is 0 Å². The first-order chi connectivity index (χ1) is 7.15. The first kappa shape index (κ1) is 12.2. The highest BCUT2D eigenvalue weighted by Crippen LogP contribution is 2.20. The van der Waals surface area contributed by atoms with Gasteiger partial charge in [0, 0.05) is 12.6 Å². The molecule has 4 nitrogen and oxygen atoms in total. The van der Waals surface area contributed by atoms with E-state index in [1.165, 1.54) is 6.33 Å². The number of aliphatic hydroxyl groups is 1. The zero-order valence-corrected chi connectivity index (χ0v) is 9.70. The number of hydrogen-bond acceptors (Lipinski definition) is 4. The van der Waals surface area contributed by atoms with Crippen molar-refractivity contribution in [2.75, 3.05) is 11.9 Å². The molecule has 1 atom stereocenters. The number of aromatic nitrogens is 2. The second kappa shape index (κ2) is 5.88. The van der Waals surface area contributed by atoms with Crippen LogP contribution >= 0.6 is 11.6 Å². The Morgan fingerprint density at radius 1 is 1.53 bits per heavy atom. The molecule has 1 aromatic heterocycles. The summed E-state index contributed by atoms with van der Waals surface area (Å²) < 4.78 is 0. The highest BCUT2D eigenvalue weighted by atomic mass is 35.5. The Bertz CT molecular complexity index is 306. The molecule has 1 aromatic rings. The van der Waals surface area contributed by atoms with Crippen molar-refractivity contribution in [2.24, 2.45) is 5.92 Å². The lowest BCUT2D eigenvalue weighted by Gasteiger charge is -2.22. The van der Waals surface area contributed by atoms with E-state index in [2.05, 4.69) is 29.1 Å². The van der Waals surface area contributed by atoms with Gasteiger partial charge in [-0.1, -0.05) is 25.4 Å². The number of aliphatic hydroxyl groups excluding tert-OH is 1. The summed E-state index contributed by atoms with van der Waals surface area (Å²) in [6.45, 7) is 4.32. The van der Waals surface area contributed by atoms with E-state index in [4.69, 9.17) is 16.7 Å². The van der Waals surface area contributed by atoms with Gasteiger partial charge in [0.1, 0.15) is 17.2 Å². The molecule has 0 fully saturated rings. The van der Waals surface area contributed by atoms with Crippen LogP contribution in [0.1, 0.15) is 20.3 Å². The number of nitrogens with zero attached hydrogens (tertiary/aromatic N) is 2. The third-order valence-corrected chi connectivity index (χ3v) is 2.51. The first-order valence-corrected chi connectivity index (χ1v) is 5.36. The van der Waals surface area contributed by atoms with Gasteiger partial charge in [0.15, 0.2) is 0 Å². The molecule has 0 aliphatic carbocycles. The molecule has 0 spiro atoms. The highest BCUT2D eigenvalue weighted by Gasteiger charge is 2.14. The second-order valence-corrected chi connectivity index (χ2v) is 4.13. The summed E-state index contributed by atoms with van der Waals surface area (Å²) in [6, 6.07) is 0.169. The Labute approximate surface area is 94.7 Å². The lowest BCUT2D eigenvalue weighted by Crippen LogP contribution is -2.27. The summed E-state index contributed by atoms with van der Waals surface area (Å²) >= 11 is 5.92. The predicted molar refractivity (Wildman–Crippen MR) is 61.0 cm³/mol. The van der Waals surface area contributed by atoms with Gasteiger partial charge in [-0.2, -0.15) is 0 Å². The van der Waals surface area contributed by atoms with E-state index in [0.29, 0.717) is 23.2 Å². The Morgan fingerprint density at radius 3 is 2.80 bits per heavy atom. The molecule has 0 aliphatic rings. The van der Waals surface area contributed by atoms with Crippen LogP contribution in [0, 0.1) is 5.92 Å². The third kappa shape index (κ3) is 3.64. The van der Waals surface area contributed by atoms with Crippen LogP contribution in [0.5, 0.6) is 0 Å². The first-order valence-electron chi connectivity index (χ1n) is 4.98. The number of anilines is 1. The summed E-state index contributed by atoms with van der Waals surface area (Å²) in [7, 11) is 0. The van der Waals surface area contributed by atoms with E-state index in [1.807, 2.05) is 0 Å². The van der Waals surface area contributed by atoms with Crippen molar-refractivity contribution in [2.45, 2.75) is 26.3 Å². The standard InChI is InChI=1S/C10H16ClN3O/c1-7(2)9(3-4-15)14-10-8(11)5-12-6-13-10/h5-7,9,15H,3-4H2,1-2H3,(H,12,13,14). The van der Waals surface area contributed by atoms with E-state index in [1.54, 1.807) is 6.20 Å². The fourth-order valence-corrected chi connectivity index (χ4v) is 1.47. The molecule has 1 rings (SSSR count). The summed E-state index contributed by atoms with van der Waals surface area (Å²) in [6.07, 6.45) is 3.68. The molecule has 5 heteroatoms. The topological polar surface area (TPSA) is 58.0 Å². The number of halogens is 1. The van der Waals surface area contributed by atoms with Gasteiger partial charge in [-0.3, -0.25) is 0 Å². The second-order valence-electron chi connectivity index (χ2n) is 3.73. The molecule has 0 saturated heterocycles. The zero-order valence-electron chi connectivity index (χ0n) is 8.94.